The quantitative estimate of drug-likeness (QED) is 0.387. The van der Waals surface area contributed by atoms with Gasteiger partial charge in [-0.2, -0.15) is 0 Å². The third-order valence-electron chi connectivity index (χ3n) is 3.62. The average Bonchev–Trinajstić information content (AvgIpc) is 2.45. The zero-order chi connectivity index (χ0) is 15.0. The molecule has 0 aliphatic carbocycles. The lowest BCUT2D eigenvalue weighted by Gasteiger charge is -2.17. The Morgan fingerprint density at radius 3 is 2.52 bits per heavy atom. The maximum absolute atomic E-state index is 6.19. The van der Waals surface area contributed by atoms with E-state index in [0.717, 1.165) is 15.1 Å². The molecule has 0 heterocycles. The predicted molar refractivity (Wildman–Crippen MR) is 98.6 cm³/mol. The van der Waals surface area contributed by atoms with E-state index in [2.05, 4.69) is 81.2 Å². The minimum atomic E-state index is 0.110. The van der Waals surface area contributed by atoms with E-state index >= 15 is 0 Å². The lowest BCUT2D eigenvalue weighted by atomic mass is 9.94. The van der Waals surface area contributed by atoms with Gasteiger partial charge in [0, 0.05) is 9.50 Å². The van der Waals surface area contributed by atoms with Crippen molar-refractivity contribution < 1.29 is 0 Å². The van der Waals surface area contributed by atoms with E-state index in [-0.39, 0.29) is 4.83 Å². The average molecular weight is 425 g/mol. The highest BCUT2D eigenvalue weighted by atomic mass is 79.9. The Balaban J connectivity index is 2.21. The molecule has 0 nitrogen and oxygen atoms in total. The van der Waals surface area contributed by atoms with E-state index in [1.54, 1.807) is 0 Å². The largest absolute Gasteiger partial charge is 0.0843 e. The Labute approximate surface area is 146 Å². The standard InChI is InChI=1S/C18H13Br2Cl/c1-11-6-7-12-4-2-3-5-16(12)17(11)18(20)13-8-14(19)10-15(21)9-13/h2-10,18H,1H3. The van der Waals surface area contributed by atoms with Crippen molar-refractivity contribution in [1.82, 2.24) is 0 Å². The number of fused-ring (bicyclic) bond motifs is 1. The molecule has 1 atom stereocenters. The van der Waals surface area contributed by atoms with Gasteiger partial charge in [0.1, 0.15) is 0 Å². The second kappa shape index (κ2) is 6.12. The van der Waals surface area contributed by atoms with Crippen LogP contribution in [0.15, 0.2) is 59.1 Å². The Hall–Kier alpha value is -0.830. The van der Waals surface area contributed by atoms with Crippen LogP contribution >= 0.6 is 43.5 Å². The molecule has 1 unspecified atom stereocenters. The third-order valence-corrected chi connectivity index (χ3v) is 5.28. The molecule has 3 heteroatoms. The first-order valence-corrected chi connectivity index (χ1v) is 8.73. The minimum Gasteiger partial charge on any atom is -0.0843 e. The van der Waals surface area contributed by atoms with Crippen molar-refractivity contribution in [3.63, 3.8) is 0 Å². The highest BCUT2D eigenvalue weighted by Gasteiger charge is 2.16. The molecule has 0 radical (unpaired) electrons. The molecular weight excluding hydrogens is 411 g/mol. The van der Waals surface area contributed by atoms with Crippen LogP contribution in [-0.2, 0) is 0 Å². The normalized spacial score (nSPS) is 12.6. The van der Waals surface area contributed by atoms with Crippen LogP contribution in [0.5, 0.6) is 0 Å². The van der Waals surface area contributed by atoms with Gasteiger partial charge < -0.3 is 0 Å². The molecular formula is C18H13Br2Cl. The van der Waals surface area contributed by atoms with Crippen molar-refractivity contribution in [2.45, 2.75) is 11.8 Å². The van der Waals surface area contributed by atoms with E-state index in [4.69, 9.17) is 11.6 Å². The number of hydrogen-bond acceptors (Lipinski definition) is 0. The maximum Gasteiger partial charge on any atom is 0.0654 e. The summed E-state index contributed by atoms with van der Waals surface area (Å²) in [5, 5.41) is 3.26. The minimum absolute atomic E-state index is 0.110. The van der Waals surface area contributed by atoms with Crippen LogP contribution in [0.25, 0.3) is 10.8 Å². The van der Waals surface area contributed by atoms with Crippen LogP contribution in [0.4, 0.5) is 0 Å². The first kappa shape index (κ1) is 15.1. The van der Waals surface area contributed by atoms with E-state index < -0.39 is 0 Å². The smallest absolute Gasteiger partial charge is 0.0654 e. The molecule has 0 aliphatic heterocycles. The van der Waals surface area contributed by atoms with Gasteiger partial charge in [0.25, 0.3) is 0 Å². The third kappa shape index (κ3) is 3.03. The first-order chi connectivity index (χ1) is 10.1. The molecule has 0 amide bonds. The summed E-state index contributed by atoms with van der Waals surface area (Å²) in [6, 6.07) is 18.8. The zero-order valence-electron chi connectivity index (χ0n) is 11.4. The van der Waals surface area contributed by atoms with Crippen LogP contribution in [-0.4, -0.2) is 0 Å². The Kier molecular flexibility index (Phi) is 4.39. The second-order valence-corrected chi connectivity index (χ2v) is 7.35. The number of alkyl halides is 1. The summed E-state index contributed by atoms with van der Waals surface area (Å²) >= 11 is 13.6. The van der Waals surface area contributed by atoms with Crippen LogP contribution in [0.2, 0.25) is 5.02 Å². The molecule has 3 rings (SSSR count). The summed E-state index contributed by atoms with van der Waals surface area (Å²) in [7, 11) is 0. The number of benzene rings is 3. The van der Waals surface area contributed by atoms with Crippen LogP contribution in [0, 0.1) is 6.92 Å². The van der Waals surface area contributed by atoms with Crippen LogP contribution in [0.1, 0.15) is 21.5 Å². The summed E-state index contributed by atoms with van der Waals surface area (Å²) in [4.78, 5) is 0.110. The highest BCUT2D eigenvalue weighted by molar-refractivity contribution is 9.10. The van der Waals surface area contributed by atoms with Crippen molar-refractivity contribution in [3.05, 3.63) is 80.8 Å². The molecule has 0 aromatic heterocycles. The summed E-state index contributed by atoms with van der Waals surface area (Å²) in [5.74, 6) is 0. The fourth-order valence-electron chi connectivity index (χ4n) is 2.63. The molecule has 21 heavy (non-hydrogen) atoms. The van der Waals surface area contributed by atoms with Crippen LogP contribution in [0.3, 0.4) is 0 Å². The molecule has 0 aliphatic rings. The van der Waals surface area contributed by atoms with Gasteiger partial charge in [0.05, 0.1) is 4.83 Å². The highest BCUT2D eigenvalue weighted by Crippen LogP contribution is 2.39. The number of halogens is 3. The van der Waals surface area contributed by atoms with E-state index in [9.17, 15) is 0 Å². The second-order valence-electron chi connectivity index (χ2n) is 5.08. The molecule has 0 N–H and O–H groups in total. The molecule has 0 spiro atoms. The van der Waals surface area contributed by atoms with Crippen molar-refractivity contribution in [2.24, 2.45) is 0 Å². The Morgan fingerprint density at radius 1 is 1.00 bits per heavy atom. The molecule has 0 saturated carbocycles. The van der Waals surface area contributed by atoms with Gasteiger partial charge in [-0.25, -0.2) is 0 Å². The van der Waals surface area contributed by atoms with Gasteiger partial charge in [0.15, 0.2) is 0 Å². The first-order valence-electron chi connectivity index (χ1n) is 6.64. The number of rotatable bonds is 2. The van der Waals surface area contributed by atoms with Gasteiger partial charge in [0.2, 0.25) is 0 Å². The van der Waals surface area contributed by atoms with Crippen molar-refractivity contribution in [3.8, 4) is 0 Å². The molecule has 0 saturated heterocycles. The molecule has 0 fully saturated rings. The fourth-order valence-corrected chi connectivity index (χ4v) is 4.39. The summed E-state index contributed by atoms with van der Waals surface area (Å²) < 4.78 is 0.993. The van der Waals surface area contributed by atoms with Gasteiger partial charge in [-0.15, -0.1) is 0 Å². The van der Waals surface area contributed by atoms with Gasteiger partial charge in [-0.3, -0.25) is 0 Å². The van der Waals surface area contributed by atoms with Crippen molar-refractivity contribution in [1.29, 1.82) is 0 Å². The summed E-state index contributed by atoms with van der Waals surface area (Å²) in [6.45, 7) is 2.15. The molecule has 0 bridgehead atoms. The topological polar surface area (TPSA) is 0 Å². The van der Waals surface area contributed by atoms with Gasteiger partial charge in [-0.1, -0.05) is 79.9 Å². The lowest BCUT2D eigenvalue weighted by molar-refractivity contribution is 1.16. The molecule has 3 aromatic carbocycles. The lowest BCUT2D eigenvalue weighted by Crippen LogP contribution is -1.98. The number of aryl methyl sites for hydroxylation is 1. The molecule has 106 valence electrons. The monoisotopic (exact) mass is 422 g/mol. The van der Waals surface area contributed by atoms with Crippen molar-refractivity contribution in [2.75, 3.05) is 0 Å². The predicted octanol–water partition coefficient (Wildman–Crippen LogP) is 7.05. The van der Waals surface area contributed by atoms with E-state index in [1.165, 1.54) is 21.9 Å². The Bertz CT molecular complexity index is 791. The van der Waals surface area contributed by atoms with E-state index in [0.29, 0.717) is 0 Å². The maximum atomic E-state index is 6.19. The van der Waals surface area contributed by atoms with E-state index in [1.807, 2.05) is 12.1 Å². The van der Waals surface area contributed by atoms with Gasteiger partial charge in [-0.05, 0) is 52.6 Å². The Morgan fingerprint density at radius 2 is 1.76 bits per heavy atom. The molecule has 3 aromatic rings. The summed E-state index contributed by atoms with van der Waals surface area (Å²) in [5.41, 5.74) is 3.71. The summed E-state index contributed by atoms with van der Waals surface area (Å²) in [6.07, 6.45) is 0. The van der Waals surface area contributed by atoms with Crippen LogP contribution < -0.4 is 0 Å². The zero-order valence-corrected chi connectivity index (χ0v) is 15.3. The number of hydrogen-bond donors (Lipinski definition) is 0. The SMILES string of the molecule is Cc1ccc2ccccc2c1C(Br)c1cc(Cl)cc(Br)c1. The fraction of sp³-hybridized carbons (Fsp3) is 0.111. The van der Waals surface area contributed by atoms with Crippen molar-refractivity contribution >= 4 is 54.2 Å². The van der Waals surface area contributed by atoms with Gasteiger partial charge >= 0.3 is 0 Å².